The molecule has 0 aliphatic carbocycles. The topological polar surface area (TPSA) is 51.8 Å². The molecule has 1 aromatic carbocycles. The summed E-state index contributed by atoms with van der Waals surface area (Å²) in [6.45, 7) is 2.06. The lowest BCUT2D eigenvalue weighted by atomic mass is 10.3. The lowest BCUT2D eigenvalue weighted by molar-refractivity contribution is 0.506. The number of hydrogen-bond donors (Lipinski definition) is 1. The molecular weight excluding hydrogens is 312 g/mol. The Labute approximate surface area is 128 Å². The predicted molar refractivity (Wildman–Crippen MR) is 81.7 cm³/mol. The molecule has 0 atom stereocenters. The highest BCUT2D eigenvalue weighted by Gasteiger charge is 2.12. The van der Waals surface area contributed by atoms with E-state index in [1.165, 1.54) is 22.7 Å². The van der Waals surface area contributed by atoms with Crippen LogP contribution in [0.25, 0.3) is 10.2 Å². The Kier molecular flexibility index (Phi) is 3.77. The van der Waals surface area contributed by atoms with E-state index in [0.29, 0.717) is 9.92 Å². The second-order valence-corrected chi connectivity index (χ2v) is 6.53. The predicted octanol–water partition coefficient (Wildman–Crippen LogP) is 4.27. The molecule has 0 unspecified atom stereocenters. The summed E-state index contributed by atoms with van der Waals surface area (Å²) in [7, 11) is 0. The van der Waals surface area contributed by atoms with Gasteiger partial charge < -0.3 is 5.73 Å². The molecule has 0 aliphatic heterocycles. The maximum Gasteiger partial charge on any atom is 0.222 e. The summed E-state index contributed by atoms with van der Waals surface area (Å²) in [5, 5.41) is 1.54. The second-order valence-electron chi connectivity index (χ2n) is 4.35. The van der Waals surface area contributed by atoms with E-state index in [2.05, 4.69) is 16.9 Å². The van der Waals surface area contributed by atoms with Crippen molar-refractivity contribution >= 4 is 39.3 Å². The van der Waals surface area contributed by atoms with Crippen LogP contribution in [0, 0.1) is 11.6 Å². The molecule has 21 heavy (non-hydrogen) atoms. The maximum atomic E-state index is 13.3. The zero-order valence-corrected chi connectivity index (χ0v) is 12.7. The molecule has 0 saturated heterocycles. The molecule has 0 saturated carbocycles. The Balaban J connectivity index is 2.06. The first-order chi connectivity index (χ1) is 10.1. The van der Waals surface area contributed by atoms with Crippen LogP contribution in [-0.4, -0.2) is 9.97 Å². The van der Waals surface area contributed by atoms with Gasteiger partial charge in [-0.1, -0.05) is 18.7 Å². The van der Waals surface area contributed by atoms with Gasteiger partial charge in [0.15, 0.2) is 11.6 Å². The van der Waals surface area contributed by atoms with Gasteiger partial charge in [-0.25, -0.2) is 18.7 Å². The smallest absolute Gasteiger partial charge is 0.222 e. The number of fused-ring (bicyclic) bond motifs is 1. The fourth-order valence-corrected chi connectivity index (χ4v) is 3.83. The van der Waals surface area contributed by atoms with Gasteiger partial charge in [0.25, 0.3) is 0 Å². The normalized spacial score (nSPS) is 11.2. The van der Waals surface area contributed by atoms with Crippen molar-refractivity contribution < 1.29 is 8.78 Å². The minimum atomic E-state index is -0.877. The zero-order chi connectivity index (χ0) is 15.0. The van der Waals surface area contributed by atoms with Crippen LogP contribution in [0.15, 0.2) is 34.2 Å². The first-order valence-corrected chi connectivity index (χ1v) is 7.89. The number of anilines is 1. The number of nitrogens with two attached hydrogens (primary N) is 1. The third kappa shape index (κ3) is 2.84. The van der Waals surface area contributed by atoms with Gasteiger partial charge in [0.1, 0.15) is 9.86 Å². The molecule has 2 N–H and O–H groups in total. The summed E-state index contributed by atoms with van der Waals surface area (Å²) in [6.07, 6.45) is 0.899. The van der Waals surface area contributed by atoms with Gasteiger partial charge in [-0.15, -0.1) is 11.3 Å². The van der Waals surface area contributed by atoms with Crippen LogP contribution in [0.3, 0.4) is 0 Å². The number of hydrogen-bond acceptors (Lipinski definition) is 5. The molecule has 0 amide bonds. The summed E-state index contributed by atoms with van der Waals surface area (Å²) < 4.78 is 26.3. The number of nitrogens with zero attached hydrogens (tertiary/aromatic N) is 2. The highest BCUT2D eigenvalue weighted by atomic mass is 32.2. The van der Waals surface area contributed by atoms with Crippen LogP contribution in [0.4, 0.5) is 14.7 Å². The monoisotopic (exact) mass is 323 g/mol. The Hall–Kier alpha value is -1.73. The quantitative estimate of drug-likeness (QED) is 0.732. The van der Waals surface area contributed by atoms with Crippen molar-refractivity contribution in [2.75, 3.05) is 5.73 Å². The fourth-order valence-electron chi connectivity index (χ4n) is 1.86. The van der Waals surface area contributed by atoms with E-state index in [1.54, 1.807) is 11.3 Å². The number of aryl methyl sites for hydroxylation is 1. The number of benzene rings is 1. The summed E-state index contributed by atoms with van der Waals surface area (Å²) in [4.78, 5) is 11.0. The van der Waals surface area contributed by atoms with E-state index in [0.717, 1.165) is 28.8 Å². The SMILES string of the molecule is CCc1cc2c(Sc3ccc(F)c(F)c3)nc(N)nc2s1. The molecule has 2 heterocycles. The van der Waals surface area contributed by atoms with Crippen molar-refractivity contribution in [3.05, 3.63) is 40.8 Å². The van der Waals surface area contributed by atoms with E-state index in [4.69, 9.17) is 5.73 Å². The first kappa shape index (κ1) is 14.2. The number of thiophene rings is 1. The number of nitrogen functional groups attached to an aromatic ring is 1. The number of rotatable bonds is 3. The third-order valence-electron chi connectivity index (χ3n) is 2.88. The highest BCUT2D eigenvalue weighted by Crippen LogP contribution is 2.36. The van der Waals surface area contributed by atoms with Gasteiger partial charge in [0.05, 0.1) is 0 Å². The lowest BCUT2D eigenvalue weighted by Crippen LogP contribution is -1.95. The Morgan fingerprint density at radius 3 is 2.71 bits per heavy atom. The minimum Gasteiger partial charge on any atom is -0.368 e. The molecule has 3 rings (SSSR count). The van der Waals surface area contributed by atoms with Gasteiger partial charge in [-0.3, -0.25) is 0 Å². The highest BCUT2D eigenvalue weighted by molar-refractivity contribution is 7.99. The van der Waals surface area contributed by atoms with Crippen molar-refractivity contribution in [3.8, 4) is 0 Å². The van der Waals surface area contributed by atoms with E-state index >= 15 is 0 Å². The molecule has 7 heteroatoms. The number of halogens is 2. The van der Waals surface area contributed by atoms with Gasteiger partial charge in [-0.05, 0) is 30.7 Å². The van der Waals surface area contributed by atoms with Gasteiger partial charge in [-0.2, -0.15) is 0 Å². The molecule has 0 bridgehead atoms. The maximum absolute atomic E-state index is 13.3. The average Bonchev–Trinajstić information content (AvgIpc) is 2.86. The summed E-state index contributed by atoms with van der Waals surface area (Å²) in [5.74, 6) is -1.56. The number of aromatic nitrogens is 2. The minimum absolute atomic E-state index is 0.178. The van der Waals surface area contributed by atoms with Crippen molar-refractivity contribution in [2.24, 2.45) is 0 Å². The van der Waals surface area contributed by atoms with Gasteiger partial charge in [0.2, 0.25) is 5.95 Å². The second kappa shape index (κ2) is 5.57. The average molecular weight is 323 g/mol. The van der Waals surface area contributed by atoms with E-state index in [-0.39, 0.29) is 5.95 Å². The zero-order valence-electron chi connectivity index (χ0n) is 11.1. The van der Waals surface area contributed by atoms with Crippen LogP contribution in [0.5, 0.6) is 0 Å². The fraction of sp³-hybridized carbons (Fsp3) is 0.143. The molecule has 2 aromatic heterocycles. The van der Waals surface area contributed by atoms with Crippen LogP contribution >= 0.6 is 23.1 Å². The standard InChI is InChI=1S/C14H11F2N3S2/c1-2-7-5-9-12(20-7)18-14(17)19-13(9)21-8-3-4-10(15)11(16)6-8/h3-6H,2H2,1H3,(H2,17,18,19). The van der Waals surface area contributed by atoms with Crippen molar-refractivity contribution in [1.82, 2.24) is 9.97 Å². The van der Waals surface area contributed by atoms with E-state index in [9.17, 15) is 8.78 Å². The van der Waals surface area contributed by atoms with Crippen molar-refractivity contribution in [3.63, 3.8) is 0 Å². The largest absolute Gasteiger partial charge is 0.368 e. The Morgan fingerprint density at radius 1 is 1.19 bits per heavy atom. The van der Waals surface area contributed by atoms with Crippen LogP contribution in [0.2, 0.25) is 0 Å². The van der Waals surface area contributed by atoms with Crippen LogP contribution in [0.1, 0.15) is 11.8 Å². The van der Waals surface area contributed by atoms with E-state index in [1.807, 2.05) is 6.07 Å². The molecule has 3 nitrogen and oxygen atoms in total. The molecule has 3 aromatic rings. The summed E-state index contributed by atoms with van der Waals surface area (Å²) in [6, 6.07) is 5.78. The van der Waals surface area contributed by atoms with E-state index < -0.39 is 11.6 Å². The molecule has 0 aliphatic rings. The van der Waals surface area contributed by atoms with Gasteiger partial charge >= 0.3 is 0 Å². The molecule has 0 radical (unpaired) electrons. The molecule has 108 valence electrons. The van der Waals surface area contributed by atoms with Gasteiger partial charge in [0, 0.05) is 15.2 Å². The summed E-state index contributed by atoms with van der Waals surface area (Å²) >= 11 is 2.81. The summed E-state index contributed by atoms with van der Waals surface area (Å²) in [5.41, 5.74) is 5.72. The Bertz CT molecular complexity index is 817. The molecule has 0 spiro atoms. The lowest BCUT2D eigenvalue weighted by Gasteiger charge is -2.04. The van der Waals surface area contributed by atoms with Crippen molar-refractivity contribution in [1.29, 1.82) is 0 Å². The van der Waals surface area contributed by atoms with Crippen LogP contribution < -0.4 is 5.73 Å². The van der Waals surface area contributed by atoms with Crippen molar-refractivity contribution in [2.45, 2.75) is 23.3 Å². The Morgan fingerprint density at radius 2 is 2.00 bits per heavy atom. The molecular formula is C14H11F2N3S2. The molecule has 0 fully saturated rings. The third-order valence-corrected chi connectivity index (χ3v) is 5.05. The van der Waals surface area contributed by atoms with Crippen LogP contribution in [-0.2, 0) is 6.42 Å². The first-order valence-electron chi connectivity index (χ1n) is 6.25.